The van der Waals surface area contributed by atoms with E-state index in [2.05, 4.69) is 30.7 Å². The van der Waals surface area contributed by atoms with Crippen LogP contribution in [-0.2, 0) is 0 Å². The van der Waals surface area contributed by atoms with E-state index < -0.39 is 0 Å². The molecule has 3 N–H and O–H groups in total. The molecule has 0 saturated carbocycles. The van der Waals surface area contributed by atoms with Gasteiger partial charge in [0.25, 0.3) is 5.95 Å². The van der Waals surface area contributed by atoms with Crippen molar-refractivity contribution in [3.8, 4) is 17.2 Å². The molecule has 0 aliphatic heterocycles. The number of rotatable bonds is 5. The maximum Gasteiger partial charge on any atom is 0.265 e. The van der Waals surface area contributed by atoms with Crippen molar-refractivity contribution in [2.24, 2.45) is 5.10 Å². The van der Waals surface area contributed by atoms with Crippen molar-refractivity contribution >= 4 is 34.2 Å². The average molecular weight is 364 g/mol. The van der Waals surface area contributed by atoms with E-state index in [1.165, 1.54) is 20.4 Å². The SMILES string of the molecule is COc1cc(/C=N\Nc2nnc3c(n2)[nH]c2ccccc23)cc(OC)c1O. The number of nitrogens with zero attached hydrogens (tertiary/aromatic N) is 4. The molecular weight excluding hydrogens is 348 g/mol. The minimum Gasteiger partial charge on any atom is -0.502 e. The lowest BCUT2D eigenvalue weighted by Crippen LogP contribution is -1.99. The van der Waals surface area contributed by atoms with Crippen molar-refractivity contribution < 1.29 is 14.6 Å². The third-order valence-corrected chi connectivity index (χ3v) is 4.00. The van der Waals surface area contributed by atoms with Crippen LogP contribution < -0.4 is 14.9 Å². The molecule has 0 fully saturated rings. The first kappa shape index (κ1) is 16.6. The largest absolute Gasteiger partial charge is 0.502 e. The number of phenolic OH excluding ortho intramolecular Hbond substituents is 1. The summed E-state index contributed by atoms with van der Waals surface area (Å²) in [4.78, 5) is 7.58. The quantitative estimate of drug-likeness (QED) is 0.368. The lowest BCUT2D eigenvalue weighted by atomic mass is 10.2. The Kier molecular flexibility index (Phi) is 4.17. The van der Waals surface area contributed by atoms with Gasteiger partial charge >= 0.3 is 0 Å². The molecule has 0 amide bonds. The molecule has 2 aromatic carbocycles. The van der Waals surface area contributed by atoms with Gasteiger partial charge in [-0.1, -0.05) is 18.2 Å². The van der Waals surface area contributed by atoms with Crippen LogP contribution in [0.25, 0.3) is 22.1 Å². The molecule has 0 atom stereocenters. The summed E-state index contributed by atoms with van der Waals surface area (Å²) in [5.41, 5.74) is 5.67. The fraction of sp³-hybridized carbons (Fsp3) is 0.111. The van der Waals surface area contributed by atoms with Gasteiger partial charge in [0.1, 0.15) is 5.52 Å². The number of para-hydroxylation sites is 1. The van der Waals surface area contributed by atoms with Crippen molar-refractivity contribution in [1.29, 1.82) is 0 Å². The number of aromatic nitrogens is 4. The lowest BCUT2D eigenvalue weighted by Gasteiger charge is -2.09. The zero-order valence-corrected chi connectivity index (χ0v) is 14.6. The van der Waals surface area contributed by atoms with Crippen LogP contribution in [0.2, 0.25) is 0 Å². The van der Waals surface area contributed by atoms with E-state index in [4.69, 9.17) is 9.47 Å². The summed E-state index contributed by atoms with van der Waals surface area (Å²) in [6.45, 7) is 0. The van der Waals surface area contributed by atoms with E-state index >= 15 is 0 Å². The number of hydrogen-bond acceptors (Lipinski definition) is 8. The minimum absolute atomic E-state index is 0.0677. The van der Waals surface area contributed by atoms with E-state index in [0.29, 0.717) is 16.7 Å². The van der Waals surface area contributed by atoms with Crippen molar-refractivity contribution in [3.63, 3.8) is 0 Å². The molecule has 136 valence electrons. The van der Waals surface area contributed by atoms with E-state index in [1.54, 1.807) is 12.1 Å². The zero-order valence-electron chi connectivity index (χ0n) is 14.6. The molecule has 9 nitrogen and oxygen atoms in total. The highest BCUT2D eigenvalue weighted by molar-refractivity contribution is 6.03. The molecule has 0 spiro atoms. The molecule has 9 heteroatoms. The molecule has 0 aliphatic carbocycles. The highest BCUT2D eigenvalue weighted by Gasteiger charge is 2.11. The Morgan fingerprint density at radius 2 is 1.85 bits per heavy atom. The van der Waals surface area contributed by atoms with Gasteiger partial charge in [-0.05, 0) is 18.2 Å². The molecule has 2 aromatic heterocycles. The molecule has 0 bridgehead atoms. The number of H-pyrrole nitrogens is 1. The van der Waals surface area contributed by atoms with Gasteiger partial charge < -0.3 is 19.6 Å². The van der Waals surface area contributed by atoms with E-state index in [0.717, 1.165) is 10.9 Å². The Balaban J connectivity index is 1.58. The number of benzene rings is 2. The van der Waals surface area contributed by atoms with Crippen molar-refractivity contribution in [2.45, 2.75) is 0 Å². The summed E-state index contributed by atoms with van der Waals surface area (Å²) in [5.74, 6) is 0.756. The van der Waals surface area contributed by atoms with Crippen molar-refractivity contribution in [3.05, 3.63) is 42.0 Å². The molecule has 0 aliphatic rings. The number of nitrogens with one attached hydrogen (secondary N) is 2. The first-order valence-electron chi connectivity index (χ1n) is 8.05. The third-order valence-electron chi connectivity index (χ3n) is 4.00. The second kappa shape index (κ2) is 6.79. The van der Waals surface area contributed by atoms with Gasteiger partial charge in [-0.3, -0.25) is 0 Å². The third kappa shape index (κ3) is 3.06. The molecular formula is C18H16N6O3. The zero-order chi connectivity index (χ0) is 18.8. The summed E-state index contributed by atoms with van der Waals surface area (Å²) < 4.78 is 10.2. The number of hydrogen-bond donors (Lipinski definition) is 3. The summed E-state index contributed by atoms with van der Waals surface area (Å²) in [6.07, 6.45) is 1.53. The van der Waals surface area contributed by atoms with Crippen LogP contribution >= 0.6 is 0 Å². The van der Waals surface area contributed by atoms with Gasteiger partial charge in [0, 0.05) is 16.5 Å². The number of anilines is 1. The Bertz CT molecular complexity index is 1130. The standard InChI is InChI=1S/C18H16N6O3/c1-26-13-7-10(8-14(27-2)16(13)25)9-19-23-18-21-17-15(22-24-18)11-5-3-4-6-12(11)20-17/h3-9,25H,1-2H3,(H2,20,21,23,24)/b19-9-. The lowest BCUT2D eigenvalue weighted by molar-refractivity contribution is 0.340. The number of aromatic hydroxyl groups is 1. The Labute approximate surface area is 153 Å². The summed E-state index contributed by atoms with van der Waals surface area (Å²) in [7, 11) is 2.92. The van der Waals surface area contributed by atoms with Gasteiger partial charge in [0.15, 0.2) is 17.1 Å². The normalized spacial score (nSPS) is 11.3. The fourth-order valence-corrected chi connectivity index (χ4v) is 2.72. The molecule has 27 heavy (non-hydrogen) atoms. The Morgan fingerprint density at radius 1 is 1.11 bits per heavy atom. The van der Waals surface area contributed by atoms with Crippen LogP contribution in [0.1, 0.15) is 5.56 Å². The summed E-state index contributed by atoms with van der Waals surface area (Å²) in [6, 6.07) is 11.0. The number of phenols is 1. The maximum absolute atomic E-state index is 9.94. The van der Waals surface area contributed by atoms with Crippen LogP contribution in [0, 0.1) is 0 Å². The van der Waals surface area contributed by atoms with E-state index in [1.807, 2.05) is 24.3 Å². The maximum atomic E-state index is 9.94. The predicted molar refractivity (Wildman–Crippen MR) is 102 cm³/mol. The summed E-state index contributed by atoms with van der Waals surface area (Å²) in [5, 5.41) is 23.3. The molecule has 4 aromatic rings. The Morgan fingerprint density at radius 3 is 2.59 bits per heavy atom. The number of fused-ring (bicyclic) bond motifs is 3. The van der Waals surface area contributed by atoms with E-state index in [-0.39, 0.29) is 23.2 Å². The number of aromatic amines is 1. The average Bonchev–Trinajstić information content (AvgIpc) is 3.06. The first-order valence-corrected chi connectivity index (χ1v) is 8.05. The van der Waals surface area contributed by atoms with Gasteiger partial charge in [0.05, 0.1) is 20.4 Å². The van der Waals surface area contributed by atoms with Crippen LogP contribution in [0.4, 0.5) is 5.95 Å². The van der Waals surface area contributed by atoms with Gasteiger partial charge in [0.2, 0.25) is 5.75 Å². The molecule has 0 saturated heterocycles. The van der Waals surface area contributed by atoms with Gasteiger partial charge in [-0.15, -0.1) is 10.2 Å². The molecule has 2 heterocycles. The monoisotopic (exact) mass is 364 g/mol. The second-order valence-electron chi connectivity index (χ2n) is 5.65. The van der Waals surface area contributed by atoms with Crippen LogP contribution in [0.15, 0.2) is 41.5 Å². The van der Waals surface area contributed by atoms with E-state index in [9.17, 15) is 5.11 Å². The van der Waals surface area contributed by atoms with Crippen molar-refractivity contribution in [2.75, 3.05) is 19.6 Å². The fourth-order valence-electron chi connectivity index (χ4n) is 2.72. The Hall–Kier alpha value is -3.88. The summed E-state index contributed by atoms with van der Waals surface area (Å²) >= 11 is 0. The topological polar surface area (TPSA) is 118 Å². The predicted octanol–water partition coefficient (Wildman–Crippen LogP) is 2.67. The highest BCUT2D eigenvalue weighted by Crippen LogP contribution is 2.36. The first-order chi connectivity index (χ1) is 13.2. The number of hydrazone groups is 1. The second-order valence-corrected chi connectivity index (χ2v) is 5.65. The molecule has 0 radical (unpaired) electrons. The molecule has 4 rings (SSSR count). The van der Waals surface area contributed by atoms with Crippen LogP contribution in [0.3, 0.4) is 0 Å². The molecule has 0 unspecified atom stereocenters. The van der Waals surface area contributed by atoms with Crippen molar-refractivity contribution in [1.82, 2.24) is 20.2 Å². The highest BCUT2D eigenvalue weighted by atomic mass is 16.5. The number of methoxy groups -OCH3 is 2. The van der Waals surface area contributed by atoms with Gasteiger partial charge in [-0.2, -0.15) is 10.1 Å². The number of ether oxygens (including phenoxy) is 2. The van der Waals surface area contributed by atoms with Gasteiger partial charge in [-0.25, -0.2) is 5.43 Å². The minimum atomic E-state index is -0.0677. The van der Waals surface area contributed by atoms with Crippen LogP contribution in [-0.4, -0.2) is 45.7 Å². The van der Waals surface area contributed by atoms with Crippen LogP contribution in [0.5, 0.6) is 17.2 Å². The smallest absolute Gasteiger partial charge is 0.265 e.